The maximum atomic E-state index is 13.7. The minimum atomic E-state index is -1.28. The van der Waals surface area contributed by atoms with Crippen molar-refractivity contribution < 1.29 is 23.4 Å². The Bertz CT molecular complexity index is 809. The Balaban J connectivity index is 2.40. The third kappa shape index (κ3) is 1.65. The van der Waals surface area contributed by atoms with Crippen LogP contribution in [0.4, 0.5) is 13.2 Å². The van der Waals surface area contributed by atoms with Gasteiger partial charge >= 0.3 is 0 Å². The summed E-state index contributed by atoms with van der Waals surface area (Å²) in [4.78, 5) is 3.65. The van der Waals surface area contributed by atoms with Crippen molar-refractivity contribution in [1.82, 2.24) is 14.6 Å². The topological polar surface area (TPSA) is 70.7 Å². The van der Waals surface area contributed by atoms with E-state index in [-0.39, 0.29) is 5.65 Å². The van der Waals surface area contributed by atoms with Crippen molar-refractivity contribution >= 4 is 5.65 Å². The van der Waals surface area contributed by atoms with E-state index >= 15 is 0 Å². The van der Waals surface area contributed by atoms with Gasteiger partial charge in [0, 0.05) is 18.2 Å². The molecule has 102 valence electrons. The Morgan fingerprint density at radius 3 is 2.30 bits per heavy atom. The van der Waals surface area contributed by atoms with Gasteiger partial charge in [-0.1, -0.05) is 0 Å². The molecule has 3 rings (SSSR count). The molecule has 3 aromatic rings. The highest BCUT2D eigenvalue weighted by molar-refractivity contribution is 5.75. The highest BCUT2D eigenvalue weighted by Crippen LogP contribution is 2.39. The number of rotatable bonds is 1. The Labute approximate surface area is 109 Å². The van der Waals surface area contributed by atoms with Crippen molar-refractivity contribution in [2.24, 2.45) is 0 Å². The van der Waals surface area contributed by atoms with Crippen LogP contribution in [-0.2, 0) is 0 Å². The molecule has 0 aliphatic rings. The van der Waals surface area contributed by atoms with E-state index in [1.54, 1.807) is 0 Å². The van der Waals surface area contributed by atoms with Crippen LogP contribution in [0.25, 0.3) is 16.8 Å². The fraction of sp³-hybridized carbons (Fsp3) is 0. The van der Waals surface area contributed by atoms with Crippen LogP contribution in [0.1, 0.15) is 0 Å². The molecule has 0 unspecified atom stereocenters. The van der Waals surface area contributed by atoms with Gasteiger partial charge in [-0.15, -0.1) is 0 Å². The Kier molecular flexibility index (Phi) is 2.53. The third-order valence-corrected chi connectivity index (χ3v) is 2.75. The molecule has 2 aromatic heterocycles. The standard InChI is InChI=1S/C12H6F3N3O2/c13-5-3-6(14)9(7(15)4-5)10-11(19)17-8-1-2-16-18(8)12(10)20/h1-4,20H,(H,17,19). The fourth-order valence-electron chi connectivity index (χ4n) is 1.92. The number of hydrogen-bond donors (Lipinski definition) is 2. The average molecular weight is 281 g/mol. The zero-order valence-corrected chi connectivity index (χ0v) is 9.68. The van der Waals surface area contributed by atoms with Crippen molar-refractivity contribution in [2.75, 3.05) is 0 Å². The van der Waals surface area contributed by atoms with Crippen molar-refractivity contribution in [3.8, 4) is 22.9 Å². The van der Waals surface area contributed by atoms with Crippen LogP contribution >= 0.6 is 0 Å². The molecule has 0 fully saturated rings. The molecule has 0 spiro atoms. The molecule has 2 heterocycles. The lowest BCUT2D eigenvalue weighted by atomic mass is 10.1. The molecule has 2 N–H and O–H groups in total. The van der Waals surface area contributed by atoms with Gasteiger partial charge in [-0.3, -0.25) is 0 Å². The second-order valence-corrected chi connectivity index (χ2v) is 3.98. The van der Waals surface area contributed by atoms with Gasteiger partial charge in [-0.25, -0.2) is 13.2 Å². The van der Waals surface area contributed by atoms with Crippen molar-refractivity contribution in [3.05, 3.63) is 41.8 Å². The Morgan fingerprint density at radius 1 is 1.00 bits per heavy atom. The summed E-state index contributed by atoms with van der Waals surface area (Å²) in [5, 5.41) is 23.4. The number of halogens is 3. The molecule has 0 saturated heterocycles. The maximum Gasteiger partial charge on any atom is 0.227 e. The minimum Gasteiger partial charge on any atom is -0.493 e. The molecule has 0 radical (unpaired) electrons. The molecule has 5 nitrogen and oxygen atoms in total. The average Bonchev–Trinajstić information content (AvgIpc) is 2.80. The second kappa shape index (κ2) is 4.12. The molecular weight excluding hydrogens is 275 g/mol. The summed E-state index contributed by atoms with van der Waals surface area (Å²) in [7, 11) is 0. The first kappa shape index (κ1) is 12.3. The first-order valence-electron chi connectivity index (χ1n) is 5.39. The summed E-state index contributed by atoms with van der Waals surface area (Å²) in [5.74, 6) is -5.17. The van der Waals surface area contributed by atoms with E-state index in [0.29, 0.717) is 12.1 Å². The molecule has 0 atom stereocenters. The summed E-state index contributed by atoms with van der Waals surface area (Å²) in [6, 6.07) is 2.25. The monoisotopic (exact) mass is 281 g/mol. The zero-order chi connectivity index (χ0) is 14.4. The van der Waals surface area contributed by atoms with Gasteiger partial charge in [-0.05, 0) is 0 Å². The van der Waals surface area contributed by atoms with E-state index in [4.69, 9.17) is 0 Å². The first-order valence-corrected chi connectivity index (χ1v) is 5.39. The van der Waals surface area contributed by atoms with Crippen molar-refractivity contribution in [3.63, 3.8) is 0 Å². The van der Waals surface area contributed by atoms with Gasteiger partial charge in [0.2, 0.25) is 11.8 Å². The summed E-state index contributed by atoms with van der Waals surface area (Å²) < 4.78 is 41.2. The van der Waals surface area contributed by atoms with Crippen LogP contribution < -0.4 is 0 Å². The smallest absolute Gasteiger partial charge is 0.227 e. The lowest BCUT2D eigenvalue weighted by molar-refractivity contribution is 0.414. The van der Waals surface area contributed by atoms with Crippen molar-refractivity contribution in [2.45, 2.75) is 0 Å². The number of nitrogens with zero attached hydrogens (tertiary/aromatic N) is 3. The van der Waals surface area contributed by atoms with Crippen LogP contribution in [0, 0.1) is 17.5 Å². The molecule has 20 heavy (non-hydrogen) atoms. The summed E-state index contributed by atoms with van der Waals surface area (Å²) in [5.41, 5.74) is -1.30. The molecule has 8 heteroatoms. The molecule has 0 aliphatic carbocycles. The van der Waals surface area contributed by atoms with Crippen LogP contribution in [-0.4, -0.2) is 24.8 Å². The Morgan fingerprint density at radius 2 is 1.65 bits per heavy atom. The minimum absolute atomic E-state index is 0.0895. The molecule has 0 bridgehead atoms. The van der Waals surface area contributed by atoms with E-state index in [2.05, 4.69) is 10.1 Å². The maximum absolute atomic E-state index is 13.7. The predicted octanol–water partition coefficient (Wildman–Crippen LogP) is 2.22. The van der Waals surface area contributed by atoms with Gasteiger partial charge in [0.15, 0.2) is 5.65 Å². The molecule has 0 amide bonds. The van der Waals surface area contributed by atoms with Gasteiger partial charge in [-0.2, -0.15) is 14.6 Å². The van der Waals surface area contributed by atoms with E-state index < -0.39 is 40.3 Å². The van der Waals surface area contributed by atoms with Crippen LogP contribution in [0.5, 0.6) is 11.8 Å². The molecule has 0 saturated carbocycles. The van der Waals surface area contributed by atoms with E-state index in [1.807, 2.05) is 0 Å². The number of aromatic hydroxyl groups is 2. The van der Waals surface area contributed by atoms with Gasteiger partial charge in [0.25, 0.3) is 0 Å². The number of hydrogen-bond acceptors (Lipinski definition) is 4. The normalized spacial score (nSPS) is 11.2. The summed E-state index contributed by atoms with van der Waals surface area (Å²) in [6.45, 7) is 0. The third-order valence-electron chi connectivity index (χ3n) is 2.75. The van der Waals surface area contributed by atoms with Gasteiger partial charge in [0.05, 0.1) is 11.8 Å². The van der Waals surface area contributed by atoms with Crippen LogP contribution in [0.3, 0.4) is 0 Å². The largest absolute Gasteiger partial charge is 0.493 e. The van der Waals surface area contributed by atoms with E-state index in [1.165, 1.54) is 12.3 Å². The van der Waals surface area contributed by atoms with Crippen molar-refractivity contribution in [1.29, 1.82) is 0 Å². The number of aromatic nitrogens is 3. The zero-order valence-electron chi connectivity index (χ0n) is 9.68. The Hall–Kier alpha value is -2.77. The molecule has 0 aliphatic heterocycles. The highest BCUT2D eigenvalue weighted by Gasteiger charge is 2.23. The number of benzene rings is 1. The second-order valence-electron chi connectivity index (χ2n) is 3.98. The van der Waals surface area contributed by atoms with Crippen LogP contribution in [0.15, 0.2) is 24.4 Å². The molecular formula is C12H6F3N3O2. The first-order chi connectivity index (χ1) is 9.49. The fourth-order valence-corrected chi connectivity index (χ4v) is 1.92. The summed E-state index contributed by atoms with van der Waals surface area (Å²) >= 11 is 0. The molecule has 1 aromatic carbocycles. The van der Waals surface area contributed by atoms with E-state index in [0.717, 1.165) is 4.52 Å². The lowest BCUT2D eigenvalue weighted by Gasteiger charge is -2.10. The highest BCUT2D eigenvalue weighted by atomic mass is 19.1. The lowest BCUT2D eigenvalue weighted by Crippen LogP contribution is -1.99. The summed E-state index contributed by atoms with van der Waals surface area (Å²) in [6.07, 6.45) is 1.28. The predicted molar refractivity (Wildman–Crippen MR) is 61.6 cm³/mol. The SMILES string of the molecule is Oc1nc2ccnn2c(O)c1-c1c(F)cc(F)cc1F. The van der Waals surface area contributed by atoms with Crippen LogP contribution in [0.2, 0.25) is 0 Å². The quantitative estimate of drug-likeness (QED) is 0.717. The van der Waals surface area contributed by atoms with Gasteiger partial charge in [0.1, 0.15) is 23.0 Å². The van der Waals surface area contributed by atoms with Gasteiger partial charge < -0.3 is 10.2 Å². The number of fused-ring (bicyclic) bond motifs is 1. The van der Waals surface area contributed by atoms with E-state index in [9.17, 15) is 23.4 Å².